The summed E-state index contributed by atoms with van der Waals surface area (Å²) in [7, 11) is 3.15. The lowest BCUT2D eigenvalue weighted by atomic mass is 9.95. The lowest BCUT2D eigenvalue weighted by Gasteiger charge is -2.35. The quantitative estimate of drug-likeness (QED) is 0.448. The van der Waals surface area contributed by atoms with Gasteiger partial charge in [0.15, 0.2) is 5.11 Å². The molecule has 0 saturated heterocycles. The second-order valence-electron chi connectivity index (χ2n) is 7.91. The van der Waals surface area contributed by atoms with Crippen molar-refractivity contribution in [2.75, 3.05) is 24.8 Å². The van der Waals surface area contributed by atoms with Crippen molar-refractivity contribution in [1.82, 2.24) is 10.2 Å². The van der Waals surface area contributed by atoms with Crippen LogP contribution in [0.2, 0.25) is 0 Å². The number of carbonyl (C=O) groups is 2. The minimum atomic E-state index is -0.437. The first-order valence-electron chi connectivity index (χ1n) is 10.3. The van der Waals surface area contributed by atoms with Gasteiger partial charge in [0.25, 0.3) is 0 Å². The number of anilines is 2. The molecule has 1 atom stereocenters. The number of hydrogen-bond donors (Lipinski definition) is 3. The molecule has 168 valence electrons. The molecule has 0 fully saturated rings. The van der Waals surface area contributed by atoms with Crippen molar-refractivity contribution in [2.24, 2.45) is 0 Å². The van der Waals surface area contributed by atoms with Crippen LogP contribution in [0.4, 0.5) is 16.2 Å². The van der Waals surface area contributed by atoms with Gasteiger partial charge in [0, 0.05) is 24.1 Å². The Morgan fingerprint density at radius 2 is 1.56 bits per heavy atom. The van der Waals surface area contributed by atoms with Crippen molar-refractivity contribution >= 4 is 40.7 Å². The fourth-order valence-corrected chi connectivity index (χ4v) is 3.72. The molecule has 0 unspecified atom stereocenters. The molecular formula is C24H28N4O3S. The van der Waals surface area contributed by atoms with Crippen molar-refractivity contribution in [3.8, 4) is 0 Å². The van der Waals surface area contributed by atoms with Crippen LogP contribution in [-0.4, -0.2) is 36.2 Å². The zero-order valence-corrected chi connectivity index (χ0v) is 19.7. The monoisotopic (exact) mass is 452 g/mol. The van der Waals surface area contributed by atoms with Crippen molar-refractivity contribution in [3.05, 3.63) is 70.9 Å². The van der Waals surface area contributed by atoms with Crippen LogP contribution in [0.5, 0.6) is 0 Å². The smallest absolute Gasteiger partial charge is 0.337 e. The van der Waals surface area contributed by atoms with Gasteiger partial charge in [-0.1, -0.05) is 38.1 Å². The van der Waals surface area contributed by atoms with E-state index < -0.39 is 12.0 Å². The number of esters is 1. The van der Waals surface area contributed by atoms with Crippen LogP contribution in [0.3, 0.4) is 0 Å². The molecule has 0 saturated carbocycles. The second-order valence-corrected chi connectivity index (χ2v) is 8.30. The Hall–Kier alpha value is -3.39. The highest BCUT2D eigenvalue weighted by atomic mass is 32.1. The number of benzene rings is 2. The zero-order chi connectivity index (χ0) is 23.4. The Balaban J connectivity index is 1.72. The van der Waals surface area contributed by atoms with Crippen molar-refractivity contribution in [1.29, 1.82) is 0 Å². The maximum Gasteiger partial charge on any atom is 0.337 e. The van der Waals surface area contributed by atoms with E-state index in [4.69, 9.17) is 17.0 Å². The minimum Gasteiger partial charge on any atom is -0.466 e. The van der Waals surface area contributed by atoms with Gasteiger partial charge in [-0.25, -0.2) is 9.59 Å². The number of urea groups is 1. The average molecular weight is 453 g/mol. The van der Waals surface area contributed by atoms with Crippen molar-refractivity contribution < 1.29 is 14.3 Å². The standard InChI is InChI=1S/C24H28N4O3S/c1-14(2)16-6-10-18(11-7-16)25-23(30)26-19-12-8-17(9-13-19)21-20(22(29)31-5)15(3)28(4)24(32)27-21/h6-14,21H,1-5H3,(H,27,32)(H2,25,26,30)/t21-/m1/s1. The van der Waals surface area contributed by atoms with Crippen LogP contribution >= 0.6 is 12.2 Å². The Morgan fingerprint density at radius 1 is 1.03 bits per heavy atom. The van der Waals surface area contributed by atoms with Crippen LogP contribution in [0.15, 0.2) is 59.8 Å². The van der Waals surface area contributed by atoms with E-state index in [9.17, 15) is 9.59 Å². The number of allylic oxidation sites excluding steroid dienone is 1. The van der Waals surface area contributed by atoms with Crippen LogP contribution in [-0.2, 0) is 9.53 Å². The summed E-state index contributed by atoms with van der Waals surface area (Å²) in [6, 6.07) is 14.3. The topological polar surface area (TPSA) is 82.7 Å². The minimum absolute atomic E-state index is 0.334. The number of amides is 2. The first kappa shape index (κ1) is 23.3. The van der Waals surface area contributed by atoms with Gasteiger partial charge in [0.1, 0.15) is 0 Å². The maximum absolute atomic E-state index is 12.4. The predicted octanol–water partition coefficient (Wildman–Crippen LogP) is 4.76. The number of rotatable bonds is 5. The largest absolute Gasteiger partial charge is 0.466 e. The molecule has 2 aromatic rings. The maximum atomic E-state index is 12.4. The molecule has 3 rings (SSSR count). The third-order valence-electron chi connectivity index (χ3n) is 5.50. The summed E-state index contributed by atoms with van der Waals surface area (Å²) in [4.78, 5) is 26.5. The van der Waals surface area contributed by atoms with Crippen LogP contribution in [0.25, 0.3) is 0 Å². The third-order valence-corrected chi connectivity index (χ3v) is 5.89. The zero-order valence-electron chi connectivity index (χ0n) is 18.9. The van der Waals surface area contributed by atoms with Crippen molar-refractivity contribution in [3.63, 3.8) is 0 Å². The molecule has 32 heavy (non-hydrogen) atoms. The molecule has 0 radical (unpaired) electrons. The number of nitrogens with one attached hydrogen (secondary N) is 3. The van der Waals surface area contributed by atoms with Gasteiger partial charge in [0.05, 0.1) is 18.7 Å². The Kier molecular flexibility index (Phi) is 7.15. The summed E-state index contributed by atoms with van der Waals surface area (Å²) >= 11 is 5.39. The first-order chi connectivity index (χ1) is 15.2. The van der Waals surface area contributed by atoms with Gasteiger partial charge in [-0.2, -0.15) is 0 Å². The molecule has 2 aromatic carbocycles. The highest BCUT2D eigenvalue weighted by Gasteiger charge is 2.33. The molecular weight excluding hydrogens is 424 g/mol. The summed E-state index contributed by atoms with van der Waals surface area (Å²) in [5, 5.41) is 9.35. The Morgan fingerprint density at radius 3 is 2.06 bits per heavy atom. The van der Waals surface area contributed by atoms with Gasteiger partial charge in [-0.15, -0.1) is 0 Å². The van der Waals surface area contributed by atoms with Gasteiger partial charge in [-0.3, -0.25) is 0 Å². The molecule has 7 nitrogen and oxygen atoms in total. The highest BCUT2D eigenvalue weighted by molar-refractivity contribution is 7.80. The number of carbonyl (C=O) groups excluding carboxylic acids is 2. The molecule has 0 bridgehead atoms. The van der Waals surface area contributed by atoms with Crippen LogP contribution in [0.1, 0.15) is 43.9 Å². The lowest BCUT2D eigenvalue weighted by molar-refractivity contribution is -0.136. The first-order valence-corrected chi connectivity index (χ1v) is 10.7. The fraction of sp³-hybridized carbons (Fsp3) is 0.292. The van der Waals surface area contributed by atoms with E-state index in [1.165, 1.54) is 12.7 Å². The summed E-state index contributed by atoms with van der Waals surface area (Å²) < 4.78 is 4.98. The molecule has 1 aliphatic heterocycles. The number of ether oxygens (including phenoxy) is 1. The van der Waals surface area contributed by atoms with Gasteiger partial charge in [-0.05, 0) is 60.5 Å². The molecule has 2 amide bonds. The number of nitrogens with zero attached hydrogens (tertiary/aromatic N) is 1. The van der Waals surface area contributed by atoms with E-state index in [-0.39, 0.29) is 6.03 Å². The molecule has 0 aromatic heterocycles. The van der Waals surface area contributed by atoms with E-state index >= 15 is 0 Å². The molecule has 3 N–H and O–H groups in total. The molecule has 0 spiro atoms. The van der Waals surface area contributed by atoms with Gasteiger partial charge >= 0.3 is 12.0 Å². The molecule has 1 heterocycles. The summed E-state index contributed by atoms with van der Waals surface area (Å²) in [5.74, 6) is 0.0162. The average Bonchev–Trinajstić information content (AvgIpc) is 2.77. The summed E-state index contributed by atoms with van der Waals surface area (Å²) in [6.45, 7) is 6.08. The lowest BCUT2D eigenvalue weighted by Crippen LogP contribution is -2.46. The fourth-order valence-electron chi connectivity index (χ4n) is 3.46. The van der Waals surface area contributed by atoms with Crippen molar-refractivity contribution in [2.45, 2.75) is 32.7 Å². The van der Waals surface area contributed by atoms with Gasteiger partial charge < -0.3 is 25.6 Å². The molecule has 0 aliphatic carbocycles. The normalized spacial score (nSPS) is 16.0. The molecule has 8 heteroatoms. The SMILES string of the molecule is COC(=O)C1=C(C)N(C)C(=S)N[C@@H]1c1ccc(NC(=O)Nc2ccc(C(C)C)cc2)cc1. The number of methoxy groups -OCH3 is 1. The van der Waals surface area contributed by atoms with E-state index in [0.717, 1.165) is 16.9 Å². The van der Waals surface area contributed by atoms with Gasteiger partial charge in [0.2, 0.25) is 0 Å². The Labute approximate surface area is 193 Å². The number of thiocarbonyl (C=S) groups is 1. The second kappa shape index (κ2) is 9.82. The van der Waals surface area contributed by atoms with Crippen LogP contribution in [0, 0.1) is 0 Å². The van der Waals surface area contributed by atoms with E-state index in [1.54, 1.807) is 24.1 Å². The van der Waals surface area contributed by atoms with E-state index in [0.29, 0.717) is 22.3 Å². The molecule has 1 aliphatic rings. The predicted molar refractivity (Wildman–Crippen MR) is 131 cm³/mol. The number of hydrogen-bond acceptors (Lipinski definition) is 4. The summed E-state index contributed by atoms with van der Waals surface area (Å²) in [6.07, 6.45) is 0. The summed E-state index contributed by atoms with van der Waals surface area (Å²) in [5.41, 5.74) is 4.61. The highest BCUT2D eigenvalue weighted by Crippen LogP contribution is 2.31. The van der Waals surface area contributed by atoms with E-state index in [1.807, 2.05) is 43.3 Å². The van der Waals surface area contributed by atoms with E-state index in [2.05, 4.69) is 29.8 Å². The third kappa shape index (κ3) is 5.08. The van der Waals surface area contributed by atoms with Crippen LogP contribution < -0.4 is 16.0 Å². The Bertz CT molecular complexity index is 1050.